The highest BCUT2D eigenvalue weighted by atomic mass is 32.1. The van der Waals surface area contributed by atoms with Gasteiger partial charge in [0.2, 0.25) is 0 Å². The maximum atomic E-state index is 6.17. The molecule has 3 aromatic rings. The quantitative estimate of drug-likeness (QED) is 0.597. The van der Waals surface area contributed by atoms with Gasteiger partial charge < -0.3 is 14.8 Å². The average Bonchev–Trinajstić information content (AvgIpc) is 3.37. The van der Waals surface area contributed by atoms with Gasteiger partial charge in [0, 0.05) is 36.2 Å². The van der Waals surface area contributed by atoms with Crippen LogP contribution in [0.4, 0.5) is 5.82 Å². The van der Waals surface area contributed by atoms with E-state index in [-0.39, 0.29) is 11.7 Å². The predicted molar refractivity (Wildman–Crippen MR) is 121 cm³/mol. The molecule has 2 aliphatic heterocycles. The van der Waals surface area contributed by atoms with Crippen molar-refractivity contribution in [2.45, 2.75) is 77.6 Å². The first kappa shape index (κ1) is 20.1. The van der Waals surface area contributed by atoms with Crippen LogP contribution in [-0.2, 0) is 28.9 Å². The lowest BCUT2D eigenvalue weighted by atomic mass is 9.88. The summed E-state index contributed by atoms with van der Waals surface area (Å²) in [5.74, 6) is 0.897. The number of unbranched alkanes of at least 4 members (excludes halogenated alkanes) is 1. The Morgan fingerprint density at radius 2 is 2.17 bits per heavy atom. The average molecular weight is 427 g/mol. The first-order valence-electron chi connectivity index (χ1n) is 11.1. The van der Waals surface area contributed by atoms with Crippen LogP contribution in [-0.4, -0.2) is 39.8 Å². The van der Waals surface area contributed by atoms with Gasteiger partial charge in [-0.15, -0.1) is 11.3 Å². The lowest BCUT2D eigenvalue weighted by Gasteiger charge is -2.33. The Kier molecular flexibility index (Phi) is 5.37. The molecule has 0 amide bonds. The van der Waals surface area contributed by atoms with Crippen LogP contribution in [0.25, 0.3) is 20.4 Å². The second-order valence-corrected chi connectivity index (χ2v) is 10.0. The van der Waals surface area contributed by atoms with Crippen LogP contribution < -0.4 is 5.32 Å². The third kappa shape index (κ3) is 3.67. The number of ether oxygens (including phenoxy) is 2. The molecule has 1 fully saturated rings. The van der Waals surface area contributed by atoms with Gasteiger partial charge in [0.05, 0.1) is 28.5 Å². The SMILES string of the molecule is CCCCc1nc2sc3c(NC[C@@H]4CCCO4)ncnc3c2c2c1COC(C)(C)C2. The minimum Gasteiger partial charge on any atom is -0.376 e. The number of pyridine rings is 1. The molecule has 2 aliphatic rings. The van der Waals surface area contributed by atoms with Crippen molar-refractivity contribution < 1.29 is 9.47 Å². The van der Waals surface area contributed by atoms with Gasteiger partial charge in [-0.25, -0.2) is 15.0 Å². The monoisotopic (exact) mass is 426 g/mol. The highest BCUT2D eigenvalue weighted by Crippen LogP contribution is 2.42. The molecular weight excluding hydrogens is 396 g/mol. The van der Waals surface area contributed by atoms with Crippen LogP contribution in [0.15, 0.2) is 6.33 Å². The van der Waals surface area contributed by atoms with Gasteiger partial charge in [-0.3, -0.25) is 0 Å². The summed E-state index contributed by atoms with van der Waals surface area (Å²) < 4.78 is 13.0. The summed E-state index contributed by atoms with van der Waals surface area (Å²) in [6, 6.07) is 0. The van der Waals surface area contributed by atoms with Crippen molar-refractivity contribution in [3.05, 3.63) is 23.1 Å². The summed E-state index contributed by atoms with van der Waals surface area (Å²) in [7, 11) is 0. The van der Waals surface area contributed by atoms with E-state index in [1.165, 1.54) is 22.2 Å². The van der Waals surface area contributed by atoms with Crippen LogP contribution >= 0.6 is 11.3 Å². The van der Waals surface area contributed by atoms with Crippen molar-refractivity contribution in [2.75, 3.05) is 18.5 Å². The molecule has 5 heterocycles. The van der Waals surface area contributed by atoms with Crippen LogP contribution in [0.1, 0.15) is 63.3 Å². The van der Waals surface area contributed by atoms with Gasteiger partial charge in [0.1, 0.15) is 17.0 Å². The molecule has 30 heavy (non-hydrogen) atoms. The number of rotatable bonds is 6. The Hall–Kier alpha value is -1.83. The van der Waals surface area contributed by atoms with E-state index in [9.17, 15) is 0 Å². The molecule has 0 spiro atoms. The second-order valence-electron chi connectivity index (χ2n) is 9.04. The van der Waals surface area contributed by atoms with E-state index in [2.05, 4.69) is 31.1 Å². The smallest absolute Gasteiger partial charge is 0.147 e. The topological polar surface area (TPSA) is 69.2 Å². The van der Waals surface area contributed by atoms with E-state index in [1.54, 1.807) is 17.7 Å². The Bertz CT molecular complexity index is 1070. The number of anilines is 1. The van der Waals surface area contributed by atoms with E-state index in [0.29, 0.717) is 6.61 Å². The molecule has 5 rings (SSSR count). The molecule has 0 unspecified atom stereocenters. The first-order chi connectivity index (χ1) is 14.6. The summed E-state index contributed by atoms with van der Waals surface area (Å²) in [4.78, 5) is 15.4. The summed E-state index contributed by atoms with van der Waals surface area (Å²) in [6.07, 6.45) is 8.39. The lowest BCUT2D eigenvalue weighted by Crippen LogP contribution is -2.32. The number of nitrogens with one attached hydrogen (secondary N) is 1. The number of aromatic nitrogens is 3. The zero-order valence-corrected chi connectivity index (χ0v) is 18.9. The number of nitrogens with zero attached hydrogens (tertiary/aromatic N) is 3. The molecule has 0 aromatic carbocycles. The molecule has 0 bridgehead atoms. The summed E-state index contributed by atoms with van der Waals surface area (Å²) in [6.45, 7) is 8.86. The fourth-order valence-electron chi connectivity index (χ4n) is 4.57. The van der Waals surface area contributed by atoms with E-state index in [0.717, 1.165) is 72.5 Å². The Morgan fingerprint density at radius 1 is 1.27 bits per heavy atom. The third-order valence-electron chi connectivity index (χ3n) is 6.20. The summed E-state index contributed by atoms with van der Waals surface area (Å²) in [5, 5.41) is 4.72. The number of hydrogen-bond acceptors (Lipinski definition) is 7. The number of hydrogen-bond donors (Lipinski definition) is 1. The molecule has 3 aromatic heterocycles. The second kappa shape index (κ2) is 8.02. The van der Waals surface area contributed by atoms with Crippen LogP contribution in [0, 0.1) is 0 Å². The molecule has 0 radical (unpaired) electrons. The summed E-state index contributed by atoms with van der Waals surface area (Å²) >= 11 is 1.71. The van der Waals surface area contributed by atoms with E-state index >= 15 is 0 Å². The van der Waals surface area contributed by atoms with Gasteiger partial charge in [-0.2, -0.15) is 0 Å². The Morgan fingerprint density at radius 3 is 2.97 bits per heavy atom. The number of fused-ring (bicyclic) bond motifs is 5. The van der Waals surface area contributed by atoms with E-state index < -0.39 is 0 Å². The fraction of sp³-hybridized carbons (Fsp3) is 0.609. The molecule has 1 atom stereocenters. The normalized spacial score (nSPS) is 20.7. The van der Waals surface area contributed by atoms with Crippen molar-refractivity contribution >= 4 is 37.6 Å². The fourth-order valence-corrected chi connectivity index (χ4v) is 5.71. The van der Waals surface area contributed by atoms with Crippen molar-refractivity contribution in [2.24, 2.45) is 0 Å². The molecule has 7 heteroatoms. The zero-order valence-electron chi connectivity index (χ0n) is 18.1. The number of aryl methyl sites for hydroxylation is 1. The lowest BCUT2D eigenvalue weighted by molar-refractivity contribution is -0.0401. The van der Waals surface area contributed by atoms with Crippen LogP contribution in [0.5, 0.6) is 0 Å². The van der Waals surface area contributed by atoms with Crippen molar-refractivity contribution in [3.8, 4) is 0 Å². The maximum Gasteiger partial charge on any atom is 0.147 e. The molecule has 1 saturated heterocycles. The van der Waals surface area contributed by atoms with Gasteiger partial charge in [-0.05, 0) is 45.1 Å². The largest absolute Gasteiger partial charge is 0.376 e. The Labute approximate surface area is 181 Å². The van der Waals surface area contributed by atoms with E-state index in [1.807, 2.05) is 0 Å². The van der Waals surface area contributed by atoms with Crippen molar-refractivity contribution in [1.29, 1.82) is 0 Å². The minimum atomic E-state index is -0.175. The standard InChI is InChI=1S/C23H30N4O2S/c1-4-5-8-17-16-12-29-23(2,3)10-15(16)18-19-20(30-22(18)27-17)21(26-13-25-19)24-11-14-7-6-9-28-14/h13-14H,4-12H2,1-3H3,(H,24,25,26)/t14-/m0/s1. The third-order valence-corrected chi connectivity index (χ3v) is 7.28. The number of thiophene rings is 1. The molecule has 0 saturated carbocycles. The molecule has 6 nitrogen and oxygen atoms in total. The highest BCUT2D eigenvalue weighted by molar-refractivity contribution is 7.26. The van der Waals surface area contributed by atoms with Crippen molar-refractivity contribution in [3.63, 3.8) is 0 Å². The van der Waals surface area contributed by atoms with Gasteiger partial charge in [0.25, 0.3) is 0 Å². The van der Waals surface area contributed by atoms with E-state index in [4.69, 9.17) is 19.4 Å². The van der Waals surface area contributed by atoms with Gasteiger partial charge >= 0.3 is 0 Å². The maximum absolute atomic E-state index is 6.17. The van der Waals surface area contributed by atoms with Crippen LogP contribution in [0.2, 0.25) is 0 Å². The van der Waals surface area contributed by atoms with Crippen molar-refractivity contribution in [1.82, 2.24) is 15.0 Å². The predicted octanol–water partition coefficient (Wildman–Crippen LogP) is 5.02. The minimum absolute atomic E-state index is 0.175. The van der Waals surface area contributed by atoms with Crippen LogP contribution in [0.3, 0.4) is 0 Å². The Balaban J connectivity index is 1.62. The van der Waals surface area contributed by atoms with Gasteiger partial charge in [-0.1, -0.05) is 13.3 Å². The zero-order chi connectivity index (χ0) is 20.7. The molecular formula is C23H30N4O2S. The first-order valence-corrected chi connectivity index (χ1v) is 11.9. The van der Waals surface area contributed by atoms with Gasteiger partial charge in [0.15, 0.2) is 0 Å². The molecule has 0 aliphatic carbocycles. The molecule has 160 valence electrons. The highest BCUT2D eigenvalue weighted by Gasteiger charge is 2.31. The molecule has 1 N–H and O–H groups in total. The summed E-state index contributed by atoms with van der Waals surface area (Å²) in [5.41, 5.74) is 4.69.